The minimum atomic E-state index is -0.210. The van der Waals surface area contributed by atoms with E-state index in [4.69, 9.17) is 0 Å². The summed E-state index contributed by atoms with van der Waals surface area (Å²) in [6.45, 7) is 4.97. The van der Waals surface area contributed by atoms with Gasteiger partial charge in [0.25, 0.3) is 0 Å². The van der Waals surface area contributed by atoms with Crippen LogP contribution in [-0.2, 0) is 7.05 Å². The molecule has 0 amide bonds. The molecule has 1 saturated heterocycles. The normalized spacial score (nSPS) is 31.5. The topological polar surface area (TPSA) is 65.7 Å². The van der Waals surface area contributed by atoms with Gasteiger partial charge < -0.3 is 15.3 Å². The highest BCUT2D eigenvalue weighted by molar-refractivity contribution is 5.80. The first-order valence-electron chi connectivity index (χ1n) is 9.14. The van der Waals surface area contributed by atoms with Crippen molar-refractivity contribution in [2.75, 3.05) is 26.7 Å². The molecule has 3 unspecified atom stereocenters. The highest BCUT2D eigenvalue weighted by Crippen LogP contribution is 2.35. The summed E-state index contributed by atoms with van der Waals surface area (Å²) in [6, 6.07) is 0. The van der Waals surface area contributed by atoms with E-state index in [0.29, 0.717) is 5.92 Å². The summed E-state index contributed by atoms with van der Waals surface area (Å²) in [5.74, 6) is 1.48. The first-order valence-corrected chi connectivity index (χ1v) is 9.14. The zero-order valence-corrected chi connectivity index (χ0v) is 15.2. The summed E-state index contributed by atoms with van der Waals surface area (Å²) in [4.78, 5) is 6.80. The maximum atomic E-state index is 10.4. The third kappa shape index (κ3) is 3.58. The van der Waals surface area contributed by atoms with Crippen LogP contribution in [0.1, 0.15) is 50.5 Å². The lowest BCUT2D eigenvalue weighted by Gasteiger charge is -2.39. The number of hydrogen-bond donors (Lipinski definition) is 2. The van der Waals surface area contributed by atoms with E-state index in [-0.39, 0.29) is 11.5 Å². The van der Waals surface area contributed by atoms with Crippen LogP contribution in [0.3, 0.4) is 0 Å². The summed E-state index contributed by atoms with van der Waals surface area (Å²) >= 11 is 0. The average Bonchev–Trinajstić information content (AvgIpc) is 3.20. The van der Waals surface area contributed by atoms with Crippen molar-refractivity contribution in [3.05, 3.63) is 18.0 Å². The summed E-state index contributed by atoms with van der Waals surface area (Å²) < 4.78 is 1.87. The van der Waals surface area contributed by atoms with Crippen molar-refractivity contribution >= 4 is 5.96 Å². The van der Waals surface area contributed by atoms with Crippen molar-refractivity contribution in [2.45, 2.75) is 51.0 Å². The van der Waals surface area contributed by atoms with Gasteiger partial charge in [-0.2, -0.15) is 5.10 Å². The molecule has 0 radical (unpaired) electrons. The third-order valence-electron chi connectivity index (χ3n) is 5.83. The summed E-state index contributed by atoms with van der Waals surface area (Å²) in [7, 11) is 3.81. The van der Waals surface area contributed by atoms with E-state index >= 15 is 0 Å². The van der Waals surface area contributed by atoms with Gasteiger partial charge in [-0.15, -0.1) is 0 Å². The molecule has 3 atom stereocenters. The Hall–Kier alpha value is -1.56. The van der Waals surface area contributed by atoms with E-state index in [1.807, 2.05) is 25.0 Å². The molecule has 134 valence electrons. The second-order valence-corrected chi connectivity index (χ2v) is 7.70. The molecule has 2 fully saturated rings. The van der Waals surface area contributed by atoms with Crippen LogP contribution in [0.25, 0.3) is 0 Å². The van der Waals surface area contributed by atoms with Crippen molar-refractivity contribution in [1.29, 1.82) is 0 Å². The number of aliphatic imine (C=N–C) groups is 1. The number of aliphatic hydroxyl groups excluding tert-OH is 1. The Morgan fingerprint density at radius 1 is 1.46 bits per heavy atom. The second-order valence-electron chi connectivity index (χ2n) is 7.70. The smallest absolute Gasteiger partial charge is 0.193 e. The van der Waals surface area contributed by atoms with Gasteiger partial charge in [-0.3, -0.25) is 9.67 Å². The van der Waals surface area contributed by atoms with Crippen molar-refractivity contribution in [3.63, 3.8) is 0 Å². The van der Waals surface area contributed by atoms with E-state index < -0.39 is 0 Å². The maximum absolute atomic E-state index is 10.4. The average molecular weight is 333 g/mol. The third-order valence-corrected chi connectivity index (χ3v) is 5.83. The van der Waals surface area contributed by atoms with Crippen LogP contribution in [0.2, 0.25) is 0 Å². The van der Waals surface area contributed by atoms with Gasteiger partial charge in [-0.25, -0.2) is 0 Å². The Morgan fingerprint density at radius 2 is 2.29 bits per heavy atom. The molecule has 6 heteroatoms. The highest BCUT2D eigenvalue weighted by Gasteiger charge is 2.36. The van der Waals surface area contributed by atoms with Crippen molar-refractivity contribution in [3.8, 4) is 0 Å². The molecule has 2 aliphatic rings. The summed E-state index contributed by atoms with van der Waals surface area (Å²) in [5.41, 5.74) is 1.27. The molecule has 2 N–H and O–H groups in total. The summed E-state index contributed by atoms with van der Waals surface area (Å²) in [5, 5.41) is 18.2. The number of aromatic nitrogens is 2. The zero-order valence-electron chi connectivity index (χ0n) is 15.2. The van der Waals surface area contributed by atoms with Gasteiger partial charge in [0.2, 0.25) is 0 Å². The number of nitrogens with zero attached hydrogens (tertiary/aromatic N) is 4. The molecule has 1 aliphatic heterocycles. The molecule has 1 saturated carbocycles. The molecule has 1 aliphatic carbocycles. The van der Waals surface area contributed by atoms with Gasteiger partial charge >= 0.3 is 0 Å². The van der Waals surface area contributed by atoms with Gasteiger partial charge in [0, 0.05) is 51.3 Å². The predicted octanol–water partition coefficient (Wildman–Crippen LogP) is 1.73. The molecule has 0 aromatic carbocycles. The molecule has 3 rings (SSSR count). The van der Waals surface area contributed by atoms with Gasteiger partial charge in [0.05, 0.1) is 12.3 Å². The van der Waals surface area contributed by atoms with Gasteiger partial charge in [0.1, 0.15) is 0 Å². The van der Waals surface area contributed by atoms with Crippen molar-refractivity contribution in [2.24, 2.45) is 17.5 Å². The molecule has 6 nitrogen and oxygen atoms in total. The lowest BCUT2D eigenvalue weighted by molar-refractivity contribution is 0.00370. The van der Waals surface area contributed by atoms with E-state index in [0.717, 1.165) is 51.3 Å². The number of nitrogens with one attached hydrogen (secondary N) is 1. The maximum Gasteiger partial charge on any atom is 0.193 e. The van der Waals surface area contributed by atoms with Crippen LogP contribution in [0.5, 0.6) is 0 Å². The summed E-state index contributed by atoms with van der Waals surface area (Å²) in [6.07, 6.45) is 9.36. The number of hydrogen-bond acceptors (Lipinski definition) is 3. The number of aryl methyl sites for hydroxylation is 1. The van der Waals surface area contributed by atoms with E-state index in [2.05, 4.69) is 33.4 Å². The SMILES string of the molecule is CN=C(NCC1(C)CCCCC1O)N1CCC(c2cnn(C)c2)C1. The lowest BCUT2D eigenvalue weighted by Crippen LogP contribution is -2.49. The quantitative estimate of drug-likeness (QED) is 0.653. The molecule has 0 spiro atoms. The predicted molar refractivity (Wildman–Crippen MR) is 96.1 cm³/mol. The molecular formula is C18H31N5O. The molecule has 2 heterocycles. The second kappa shape index (κ2) is 7.13. The first kappa shape index (κ1) is 17.3. The Balaban J connectivity index is 1.57. The highest BCUT2D eigenvalue weighted by atomic mass is 16.3. The Bertz CT molecular complexity index is 584. The van der Waals surface area contributed by atoms with E-state index in [1.165, 1.54) is 12.0 Å². The van der Waals surface area contributed by atoms with Gasteiger partial charge in [0.15, 0.2) is 5.96 Å². The zero-order chi connectivity index (χ0) is 17.2. The minimum Gasteiger partial charge on any atom is -0.392 e. The van der Waals surface area contributed by atoms with Crippen LogP contribution in [0.4, 0.5) is 0 Å². The van der Waals surface area contributed by atoms with Crippen LogP contribution in [-0.4, -0.2) is 58.5 Å². The van der Waals surface area contributed by atoms with Gasteiger partial charge in [-0.05, 0) is 24.8 Å². The van der Waals surface area contributed by atoms with Crippen LogP contribution in [0.15, 0.2) is 17.4 Å². The lowest BCUT2D eigenvalue weighted by atomic mass is 9.73. The van der Waals surface area contributed by atoms with Gasteiger partial charge in [-0.1, -0.05) is 19.8 Å². The Kier molecular flexibility index (Phi) is 5.13. The van der Waals surface area contributed by atoms with Crippen LogP contribution < -0.4 is 5.32 Å². The standard InChI is InChI=1S/C18H31N5O/c1-18(8-5-4-6-16(18)24)13-20-17(19-2)23-9-7-14(12-23)15-10-21-22(3)11-15/h10-11,14,16,24H,4-9,12-13H2,1-3H3,(H,19,20). The number of rotatable bonds is 3. The van der Waals surface area contributed by atoms with Crippen molar-refractivity contribution in [1.82, 2.24) is 20.0 Å². The molecule has 1 aromatic heterocycles. The first-order chi connectivity index (χ1) is 11.5. The van der Waals surface area contributed by atoms with E-state index in [9.17, 15) is 5.11 Å². The van der Waals surface area contributed by atoms with Crippen LogP contribution >= 0.6 is 0 Å². The van der Waals surface area contributed by atoms with Crippen molar-refractivity contribution < 1.29 is 5.11 Å². The molecule has 0 bridgehead atoms. The largest absolute Gasteiger partial charge is 0.392 e. The fourth-order valence-electron chi connectivity index (χ4n) is 4.08. The number of likely N-dealkylation sites (tertiary alicyclic amines) is 1. The monoisotopic (exact) mass is 333 g/mol. The molecule has 1 aromatic rings. The molecule has 24 heavy (non-hydrogen) atoms. The fraction of sp³-hybridized carbons (Fsp3) is 0.778. The van der Waals surface area contributed by atoms with E-state index in [1.54, 1.807) is 0 Å². The number of aliphatic hydroxyl groups is 1. The fourth-order valence-corrected chi connectivity index (χ4v) is 4.08. The molecular weight excluding hydrogens is 302 g/mol. The van der Waals surface area contributed by atoms with Crippen LogP contribution in [0, 0.1) is 5.41 Å². The Morgan fingerprint density at radius 3 is 2.96 bits per heavy atom. The Labute approximate surface area is 145 Å². The minimum absolute atomic E-state index is 0.0450. The number of guanidine groups is 1.